The van der Waals surface area contributed by atoms with Gasteiger partial charge in [0.25, 0.3) is 0 Å². The Hall–Kier alpha value is -1.03. The maximum Gasteiger partial charge on any atom is 0.410 e. The van der Waals surface area contributed by atoms with E-state index in [9.17, 15) is 9.90 Å². The van der Waals surface area contributed by atoms with Gasteiger partial charge in [0, 0.05) is 13.1 Å². The molecule has 0 aromatic carbocycles. The summed E-state index contributed by atoms with van der Waals surface area (Å²) >= 11 is 0. The molecule has 0 radical (unpaired) electrons. The van der Waals surface area contributed by atoms with Crippen molar-refractivity contribution in [3.05, 3.63) is 12.7 Å². The number of amides is 1. The molecule has 1 aliphatic heterocycles. The van der Waals surface area contributed by atoms with Gasteiger partial charge in [0.2, 0.25) is 0 Å². The molecule has 4 heteroatoms. The van der Waals surface area contributed by atoms with Crippen LogP contribution in [0, 0.1) is 5.92 Å². The molecule has 0 spiro atoms. The second-order valence-corrected chi connectivity index (χ2v) is 5.67. The molecule has 1 heterocycles. The van der Waals surface area contributed by atoms with E-state index in [1.807, 2.05) is 20.8 Å². The average Bonchev–Trinajstić information content (AvgIpc) is 2.07. The third kappa shape index (κ3) is 4.77. The molecule has 0 aromatic heterocycles. The van der Waals surface area contributed by atoms with Crippen LogP contribution in [0.4, 0.5) is 4.79 Å². The standard InChI is InChI=1S/C13H23NO3/c1-5-6-11(15)7-10-8-14(9-10)12(16)17-13(2,3)4/h5,10-11,15H,1,6-9H2,2-4H3. The fourth-order valence-electron chi connectivity index (χ4n) is 1.87. The number of aliphatic hydroxyl groups excluding tert-OH is 1. The van der Waals surface area contributed by atoms with Crippen LogP contribution in [-0.2, 0) is 4.74 Å². The van der Waals surface area contributed by atoms with Crippen molar-refractivity contribution in [2.45, 2.75) is 45.3 Å². The first kappa shape index (κ1) is 14.0. The molecule has 0 saturated carbocycles. The summed E-state index contributed by atoms with van der Waals surface area (Å²) in [7, 11) is 0. The number of nitrogens with zero attached hydrogens (tertiary/aromatic N) is 1. The van der Waals surface area contributed by atoms with Gasteiger partial charge in [0.05, 0.1) is 6.10 Å². The van der Waals surface area contributed by atoms with E-state index in [0.29, 0.717) is 25.4 Å². The van der Waals surface area contributed by atoms with Gasteiger partial charge in [-0.15, -0.1) is 6.58 Å². The van der Waals surface area contributed by atoms with Crippen LogP contribution in [0.5, 0.6) is 0 Å². The SMILES string of the molecule is C=CCC(O)CC1CN(C(=O)OC(C)(C)C)C1. The summed E-state index contributed by atoms with van der Waals surface area (Å²) in [5, 5.41) is 9.59. The topological polar surface area (TPSA) is 49.8 Å². The molecule has 1 unspecified atom stereocenters. The van der Waals surface area contributed by atoms with Crippen molar-refractivity contribution in [2.75, 3.05) is 13.1 Å². The third-order valence-corrected chi connectivity index (χ3v) is 2.65. The first-order chi connectivity index (χ1) is 7.81. The molecule has 1 atom stereocenters. The molecule has 4 nitrogen and oxygen atoms in total. The Labute approximate surface area is 103 Å². The number of likely N-dealkylation sites (tertiary alicyclic amines) is 1. The minimum Gasteiger partial charge on any atom is -0.444 e. The summed E-state index contributed by atoms with van der Waals surface area (Å²) in [5.74, 6) is 0.387. The zero-order valence-corrected chi connectivity index (χ0v) is 11.0. The van der Waals surface area contributed by atoms with Crippen LogP contribution in [0.2, 0.25) is 0 Å². The van der Waals surface area contributed by atoms with Gasteiger partial charge in [0.1, 0.15) is 5.60 Å². The van der Waals surface area contributed by atoms with Crippen LogP contribution in [0.25, 0.3) is 0 Å². The van der Waals surface area contributed by atoms with Crippen LogP contribution in [-0.4, -0.2) is 40.9 Å². The van der Waals surface area contributed by atoms with Gasteiger partial charge in [-0.25, -0.2) is 4.79 Å². The van der Waals surface area contributed by atoms with E-state index in [1.165, 1.54) is 0 Å². The van der Waals surface area contributed by atoms with Gasteiger partial charge >= 0.3 is 6.09 Å². The lowest BCUT2D eigenvalue weighted by atomic mass is 9.93. The van der Waals surface area contributed by atoms with Crippen LogP contribution < -0.4 is 0 Å². The molecule has 1 N–H and O–H groups in total. The Morgan fingerprint density at radius 2 is 2.18 bits per heavy atom. The fourth-order valence-corrected chi connectivity index (χ4v) is 1.87. The molecular weight excluding hydrogens is 218 g/mol. The van der Waals surface area contributed by atoms with Crippen molar-refractivity contribution in [2.24, 2.45) is 5.92 Å². The van der Waals surface area contributed by atoms with Gasteiger partial charge in [-0.2, -0.15) is 0 Å². The van der Waals surface area contributed by atoms with Gasteiger partial charge in [-0.1, -0.05) is 6.08 Å². The average molecular weight is 241 g/mol. The third-order valence-electron chi connectivity index (χ3n) is 2.65. The summed E-state index contributed by atoms with van der Waals surface area (Å²) in [6.07, 6.45) is 2.47. The highest BCUT2D eigenvalue weighted by Gasteiger charge is 2.34. The monoisotopic (exact) mass is 241 g/mol. The van der Waals surface area contributed by atoms with Gasteiger partial charge in [-0.05, 0) is 39.5 Å². The maximum atomic E-state index is 11.6. The second kappa shape index (κ2) is 5.54. The van der Waals surface area contributed by atoms with Crippen LogP contribution in [0.1, 0.15) is 33.6 Å². The number of ether oxygens (including phenoxy) is 1. The van der Waals surface area contributed by atoms with E-state index in [2.05, 4.69) is 6.58 Å². The zero-order valence-electron chi connectivity index (χ0n) is 11.0. The number of carbonyl (C=O) groups is 1. The molecular formula is C13H23NO3. The van der Waals surface area contributed by atoms with Crippen molar-refractivity contribution in [3.63, 3.8) is 0 Å². The van der Waals surface area contributed by atoms with E-state index in [1.54, 1.807) is 11.0 Å². The summed E-state index contributed by atoms with van der Waals surface area (Å²) < 4.78 is 5.25. The Balaban J connectivity index is 2.22. The molecule has 0 aliphatic carbocycles. The quantitative estimate of drug-likeness (QED) is 0.767. The number of hydrogen-bond donors (Lipinski definition) is 1. The molecule has 1 fully saturated rings. The molecule has 1 amide bonds. The highest BCUT2D eigenvalue weighted by Crippen LogP contribution is 2.23. The van der Waals surface area contributed by atoms with Crippen molar-refractivity contribution < 1.29 is 14.6 Å². The lowest BCUT2D eigenvalue weighted by Crippen LogP contribution is -2.52. The molecule has 98 valence electrons. The van der Waals surface area contributed by atoms with E-state index >= 15 is 0 Å². The Morgan fingerprint density at radius 1 is 1.59 bits per heavy atom. The molecule has 0 aromatic rings. The minimum absolute atomic E-state index is 0.257. The van der Waals surface area contributed by atoms with Gasteiger partial charge in [0.15, 0.2) is 0 Å². The number of hydrogen-bond acceptors (Lipinski definition) is 3. The predicted molar refractivity (Wildman–Crippen MR) is 66.7 cm³/mol. The normalized spacial score (nSPS) is 18.5. The lowest BCUT2D eigenvalue weighted by molar-refractivity contribution is -0.00936. The van der Waals surface area contributed by atoms with Crippen molar-refractivity contribution in [1.29, 1.82) is 0 Å². The van der Waals surface area contributed by atoms with Crippen molar-refractivity contribution >= 4 is 6.09 Å². The van der Waals surface area contributed by atoms with E-state index in [-0.39, 0.29) is 12.2 Å². The van der Waals surface area contributed by atoms with Crippen LogP contribution in [0.15, 0.2) is 12.7 Å². The van der Waals surface area contributed by atoms with Gasteiger partial charge < -0.3 is 14.7 Å². The van der Waals surface area contributed by atoms with E-state index in [0.717, 1.165) is 6.42 Å². The summed E-state index contributed by atoms with van der Waals surface area (Å²) in [4.78, 5) is 13.3. The summed E-state index contributed by atoms with van der Waals surface area (Å²) in [6.45, 7) is 10.5. The van der Waals surface area contributed by atoms with Crippen molar-refractivity contribution in [3.8, 4) is 0 Å². The Bertz CT molecular complexity index is 277. The molecule has 0 bridgehead atoms. The smallest absolute Gasteiger partial charge is 0.410 e. The Kier molecular flexibility index (Phi) is 4.57. The van der Waals surface area contributed by atoms with Crippen LogP contribution in [0.3, 0.4) is 0 Å². The van der Waals surface area contributed by atoms with Crippen LogP contribution >= 0.6 is 0 Å². The largest absolute Gasteiger partial charge is 0.444 e. The zero-order chi connectivity index (χ0) is 13.1. The second-order valence-electron chi connectivity index (χ2n) is 5.67. The molecule has 1 aliphatic rings. The number of carbonyl (C=O) groups excluding carboxylic acids is 1. The fraction of sp³-hybridized carbons (Fsp3) is 0.769. The summed E-state index contributed by atoms with van der Waals surface area (Å²) in [5.41, 5.74) is -0.440. The lowest BCUT2D eigenvalue weighted by Gasteiger charge is -2.40. The minimum atomic E-state index is -0.440. The Morgan fingerprint density at radius 3 is 2.65 bits per heavy atom. The van der Waals surface area contributed by atoms with E-state index in [4.69, 9.17) is 4.74 Å². The molecule has 1 saturated heterocycles. The first-order valence-electron chi connectivity index (χ1n) is 6.08. The highest BCUT2D eigenvalue weighted by molar-refractivity contribution is 5.69. The highest BCUT2D eigenvalue weighted by atomic mass is 16.6. The van der Waals surface area contributed by atoms with Gasteiger partial charge in [-0.3, -0.25) is 0 Å². The molecule has 1 rings (SSSR count). The predicted octanol–water partition coefficient (Wildman–Crippen LogP) is 2.18. The molecule has 17 heavy (non-hydrogen) atoms. The number of rotatable bonds is 4. The van der Waals surface area contributed by atoms with E-state index < -0.39 is 5.60 Å². The summed E-state index contributed by atoms with van der Waals surface area (Å²) in [6, 6.07) is 0. The number of aliphatic hydroxyl groups is 1. The first-order valence-corrected chi connectivity index (χ1v) is 6.08. The van der Waals surface area contributed by atoms with Crippen molar-refractivity contribution in [1.82, 2.24) is 4.90 Å². The maximum absolute atomic E-state index is 11.6.